The van der Waals surface area contributed by atoms with Gasteiger partial charge in [0.05, 0.1) is 12.7 Å². The van der Waals surface area contributed by atoms with Gasteiger partial charge >= 0.3 is 0 Å². The van der Waals surface area contributed by atoms with E-state index in [2.05, 4.69) is 39.5 Å². The lowest BCUT2D eigenvalue weighted by Crippen LogP contribution is -2.24. The maximum atomic E-state index is 5.95. The summed E-state index contributed by atoms with van der Waals surface area (Å²) < 4.78 is 5.95. The van der Waals surface area contributed by atoms with E-state index in [0.29, 0.717) is 6.04 Å². The first-order chi connectivity index (χ1) is 10.9. The molecule has 1 aromatic carbocycles. The molecule has 0 saturated heterocycles. The van der Waals surface area contributed by atoms with Crippen molar-refractivity contribution in [2.45, 2.75) is 32.0 Å². The summed E-state index contributed by atoms with van der Waals surface area (Å²) in [4.78, 5) is 8.35. The summed E-state index contributed by atoms with van der Waals surface area (Å²) in [6, 6.07) is 15.2. The van der Waals surface area contributed by atoms with Crippen LogP contribution in [-0.2, 0) is 13.1 Å². The monoisotopic (exact) mass is 310 g/mol. The average Bonchev–Trinajstić information content (AvgIpc) is 3.08. The molecule has 0 bridgehead atoms. The van der Waals surface area contributed by atoms with Crippen molar-refractivity contribution in [3.63, 3.8) is 0 Å². The number of hydrogen-bond donors (Lipinski definition) is 0. The van der Waals surface area contributed by atoms with Gasteiger partial charge in [-0.2, -0.15) is 0 Å². The number of aromatic nitrogens is 1. The molecule has 0 spiro atoms. The Labute approximate surface area is 134 Å². The molecule has 1 saturated carbocycles. The van der Waals surface area contributed by atoms with E-state index in [0.717, 1.165) is 30.3 Å². The Hall–Kier alpha value is -1.91. The smallest absolute Gasteiger partial charge is 0.209 e. The minimum absolute atomic E-state index is 0.689. The van der Waals surface area contributed by atoms with Crippen molar-refractivity contribution in [3.05, 3.63) is 64.8 Å². The lowest BCUT2D eigenvalue weighted by atomic mass is 10.2. The van der Waals surface area contributed by atoms with Gasteiger partial charge in [0, 0.05) is 23.0 Å². The van der Waals surface area contributed by atoms with Gasteiger partial charge in [-0.25, -0.2) is 4.98 Å². The first-order valence-corrected chi connectivity index (χ1v) is 8.53. The second-order valence-corrected chi connectivity index (χ2v) is 6.73. The molecule has 2 aromatic heterocycles. The molecule has 22 heavy (non-hydrogen) atoms. The van der Waals surface area contributed by atoms with E-state index in [4.69, 9.17) is 4.42 Å². The van der Waals surface area contributed by atoms with E-state index < -0.39 is 0 Å². The van der Waals surface area contributed by atoms with Crippen LogP contribution in [0.3, 0.4) is 0 Å². The molecule has 0 unspecified atom stereocenters. The molecule has 3 aromatic rings. The molecule has 1 aliphatic rings. The zero-order valence-electron chi connectivity index (χ0n) is 12.3. The highest BCUT2D eigenvalue weighted by Crippen LogP contribution is 2.31. The van der Waals surface area contributed by atoms with Crippen molar-refractivity contribution in [2.75, 3.05) is 0 Å². The van der Waals surface area contributed by atoms with E-state index >= 15 is 0 Å². The van der Waals surface area contributed by atoms with Crippen LogP contribution in [-0.4, -0.2) is 15.9 Å². The van der Waals surface area contributed by atoms with Gasteiger partial charge in [-0.1, -0.05) is 36.4 Å². The molecule has 0 N–H and O–H groups in total. The van der Waals surface area contributed by atoms with Crippen molar-refractivity contribution in [1.29, 1.82) is 0 Å². The maximum Gasteiger partial charge on any atom is 0.209 e. The zero-order valence-corrected chi connectivity index (χ0v) is 13.1. The predicted octanol–water partition coefficient (Wildman–Crippen LogP) is 4.57. The Morgan fingerprint density at radius 1 is 1.09 bits per heavy atom. The summed E-state index contributed by atoms with van der Waals surface area (Å²) in [5.74, 6) is 1.66. The predicted molar refractivity (Wildman–Crippen MR) is 88.5 cm³/mol. The molecule has 4 rings (SSSR count). The number of thiophene rings is 1. The Balaban J connectivity index is 1.48. The molecular formula is C18H18N2OS. The van der Waals surface area contributed by atoms with Gasteiger partial charge in [-0.05, 0) is 24.3 Å². The Kier molecular flexibility index (Phi) is 3.79. The second kappa shape index (κ2) is 6.07. The molecule has 2 heterocycles. The minimum Gasteiger partial charge on any atom is -0.439 e. The van der Waals surface area contributed by atoms with Gasteiger partial charge in [0.2, 0.25) is 5.89 Å². The van der Waals surface area contributed by atoms with Gasteiger partial charge < -0.3 is 4.42 Å². The molecule has 0 radical (unpaired) electrons. The quantitative estimate of drug-likeness (QED) is 0.668. The van der Waals surface area contributed by atoms with Crippen molar-refractivity contribution >= 4 is 11.3 Å². The highest BCUT2D eigenvalue weighted by Gasteiger charge is 2.30. The molecule has 112 valence electrons. The fourth-order valence-corrected chi connectivity index (χ4v) is 3.38. The number of hydrogen-bond acceptors (Lipinski definition) is 4. The van der Waals surface area contributed by atoms with Crippen molar-refractivity contribution in [3.8, 4) is 11.3 Å². The maximum absolute atomic E-state index is 5.95. The molecule has 1 fully saturated rings. The van der Waals surface area contributed by atoms with Crippen LogP contribution in [0.5, 0.6) is 0 Å². The van der Waals surface area contributed by atoms with Crippen LogP contribution in [0.25, 0.3) is 11.3 Å². The highest BCUT2D eigenvalue weighted by molar-refractivity contribution is 7.09. The van der Waals surface area contributed by atoms with Crippen LogP contribution in [0.15, 0.2) is 58.5 Å². The van der Waals surface area contributed by atoms with Crippen LogP contribution < -0.4 is 0 Å². The minimum atomic E-state index is 0.689. The third-order valence-corrected chi connectivity index (χ3v) is 4.81. The molecule has 0 atom stereocenters. The standard InChI is InChI=1S/C18H18N2OS/c1-2-5-14(6-3-1)17-11-19-18(21-17)13-20(15-8-9-15)12-16-7-4-10-22-16/h1-7,10-11,15H,8-9,12-13H2. The number of benzene rings is 1. The Morgan fingerprint density at radius 3 is 2.68 bits per heavy atom. The van der Waals surface area contributed by atoms with Crippen LogP contribution >= 0.6 is 11.3 Å². The van der Waals surface area contributed by atoms with E-state index in [9.17, 15) is 0 Å². The zero-order chi connectivity index (χ0) is 14.8. The van der Waals surface area contributed by atoms with Gasteiger partial charge in [0.1, 0.15) is 0 Å². The summed E-state index contributed by atoms with van der Waals surface area (Å²) in [7, 11) is 0. The SMILES string of the molecule is c1ccc(-c2cnc(CN(Cc3cccs3)C3CC3)o2)cc1. The topological polar surface area (TPSA) is 29.3 Å². The summed E-state index contributed by atoms with van der Waals surface area (Å²) >= 11 is 1.82. The van der Waals surface area contributed by atoms with E-state index in [1.54, 1.807) is 0 Å². The molecule has 3 nitrogen and oxygen atoms in total. The van der Waals surface area contributed by atoms with Crippen molar-refractivity contribution in [2.24, 2.45) is 0 Å². The highest BCUT2D eigenvalue weighted by atomic mass is 32.1. The van der Waals surface area contributed by atoms with Crippen LogP contribution in [0.1, 0.15) is 23.6 Å². The molecule has 0 amide bonds. The van der Waals surface area contributed by atoms with Gasteiger partial charge in [0.15, 0.2) is 5.76 Å². The third-order valence-electron chi connectivity index (χ3n) is 3.95. The van der Waals surface area contributed by atoms with E-state index in [-0.39, 0.29) is 0 Å². The molecular weight excluding hydrogens is 292 g/mol. The van der Waals surface area contributed by atoms with E-state index in [1.807, 2.05) is 35.7 Å². The first-order valence-electron chi connectivity index (χ1n) is 7.65. The fourth-order valence-electron chi connectivity index (χ4n) is 2.65. The Bertz CT molecular complexity index is 717. The molecule has 1 aliphatic carbocycles. The number of nitrogens with zero attached hydrogens (tertiary/aromatic N) is 2. The average molecular weight is 310 g/mol. The van der Waals surface area contributed by atoms with Crippen molar-refractivity contribution in [1.82, 2.24) is 9.88 Å². The van der Waals surface area contributed by atoms with E-state index in [1.165, 1.54) is 17.7 Å². The van der Waals surface area contributed by atoms with Crippen molar-refractivity contribution < 1.29 is 4.42 Å². The summed E-state index contributed by atoms with van der Waals surface area (Å²) in [5.41, 5.74) is 1.08. The first kappa shape index (κ1) is 13.7. The fraction of sp³-hybridized carbons (Fsp3) is 0.278. The molecule has 0 aliphatic heterocycles. The van der Waals surface area contributed by atoms with Gasteiger partial charge in [0.25, 0.3) is 0 Å². The summed E-state index contributed by atoms with van der Waals surface area (Å²) in [6.07, 6.45) is 4.41. The van der Waals surface area contributed by atoms with Gasteiger partial charge in [-0.3, -0.25) is 4.90 Å². The van der Waals surface area contributed by atoms with Crippen LogP contribution in [0, 0.1) is 0 Å². The van der Waals surface area contributed by atoms with Crippen LogP contribution in [0.2, 0.25) is 0 Å². The lowest BCUT2D eigenvalue weighted by Gasteiger charge is -2.19. The van der Waals surface area contributed by atoms with Gasteiger partial charge in [-0.15, -0.1) is 11.3 Å². The van der Waals surface area contributed by atoms with Crippen LogP contribution in [0.4, 0.5) is 0 Å². The normalized spacial score (nSPS) is 14.6. The largest absolute Gasteiger partial charge is 0.439 e. The second-order valence-electron chi connectivity index (χ2n) is 5.70. The Morgan fingerprint density at radius 2 is 1.95 bits per heavy atom. The molecule has 4 heteroatoms. The number of oxazole rings is 1. The number of rotatable bonds is 6. The summed E-state index contributed by atoms with van der Waals surface area (Å²) in [5, 5.41) is 2.14. The lowest BCUT2D eigenvalue weighted by molar-refractivity contribution is 0.223. The summed E-state index contributed by atoms with van der Waals surface area (Å²) in [6.45, 7) is 1.78. The third kappa shape index (κ3) is 3.13.